The van der Waals surface area contributed by atoms with Gasteiger partial charge in [-0.3, -0.25) is 14.5 Å². The molecule has 176 valence electrons. The molecule has 4 amide bonds. The number of nitrogens with zero attached hydrogens (tertiary/aromatic N) is 3. The highest BCUT2D eigenvalue weighted by Crippen LogP contribution is 2.46. The van der Waals surface area contributed by atoms with E-state index in [1.54, 1.807) is 6.07 Å². The fourth-order valence-electron chi connectivity index (χ4n) is 5.62. The molecule has 0 radical (unpaired) electrons. The number of hydrogen-bond donors (Lipinski definition) is 2. The predicted octanol–water partition coefficient (Wildman–Crippen LogP) is 3.70. The van der Waals surface area contributed by atoms with Gasteiger partial charge in [0.05, 0.1) is 5.69 Å². The lowest BCUT2D eigenvalue weighted by molar-refractivity contribution is -0.136. The monoisotopic (exact) mass is 455 g/mol. The molecule has 1 aliphatic heterocycles. The number of aryl methyl sites for hydroxylation is 2. The summed E-state index contributed by atoms with van der Waals surface area (Å²) in [5, 5.41) is 9.71. The molecule has 33 heavy (non-hydrogen) atoms. The number of nitrogens with one attached hydrogen (secondary N) is 2. The van der Waals surface area contributed by atoms with Crippen molar-refractivity contribution in [2.75, 3.05) is 11.9 Å². The Morgan fingerprint density at radius 3 is 2.58 bits per heavy atom. The molecule has 1 saturated carbocycles. The van der Waals surface area contributed by atoms with E-state index in [-0.39, 0.29) is 28.6 Å². The predicted molar refractivity (Wildman–Crippen MR) is 121 cm³/mol. The highest BCUT2D eigenvalue weighted by molar-refractivity contribution is 6.10. The first-order valence-electron chi connectivity index (χ1n) is 11.2. The third-order valence-corrected chi connectivity index (χ3v) is 6.40. The second-order valence-electron chi connectivity index (χ2n) is 10.3. The van der Waals surface area contributed by atoms with Gasteiger partial charge in [-0.25, -0.2) is 13.9 Å². The van der Waals surface area contributed by atoms with Crippen molar-refractivity contribution in [3.8, 4) is 5.69 Å². The Labute approximate surface area is 192 Å². The van der Waals surface area contributed by atoms with Crippen LogP contribution in [-0.2, 0) is 9.59 Å². The molecule has 2 N–H and O–H groups in total. The smallest absolute Gasteiger partial charge is 0.324 e. The minimum Gasteiger partial charge on any atom is -0.324 e. The molecule has 1 saturated heterocycles. The summed E-state index contributed by atoms with van der Waals surface area (Å²) in [7, 11) is 0. The first-order chi connectivity index (χ1) is 15.4. The largest absolute Gasteiger partial charge is 0.325 e. The lowest BCUT2D eigenvalue weighted by Gasteiger charge is -2.43. The molecule has 2 atom stereocenters. The third kappa shape index (κ3) is 4.36. The number of aromatic nitrogens is 2. The fraction of sp³-hybridized carbons (Fsp3) is 0.500. The van der Waals surface area contributed by atoms with Gasteiger partial charge in [0, 0.05) is 11.4 Å². The van der Waals surface area contributed by atoms with Crippen LogP contribution in [-0.4, -0.2) is 44.6 Å². The van der Waals surface area contributed by atoms with Crippen LogP contribution in [0, 0.1) is 31.0 Å². The van der Waals surface area contributed by atoms with Gasteiger partial charge in [-0.1, -0.05) is 20.8 Å². The van der Waals surface area contributed by atoms with Crippen LogP contribution in [0.3, 0.4) is 0 Å². The van der Waals surface area contributed by atoms with Gasteiger partial charge < -0.3 is 10.6 Å². The van der Waals surface area contributed by atoms with Crippen molar-refractivity contribution in [1.29, 1.82) is 0 Å². The molecule has 1 spiro atoms. The molecule has 4 rings (SSSR count). The van der Waals surface area contributed by atoms with E-state index in [2.05, 4.69) is 36.5 Å². The van der Waals surface area contributed by atoms with Gasteiger partial charge in [0.2, 0.25) is 5.91 Å². The zero-order chi connectivity index (χ0) is 24.1. The lowest BCUT2D eigenvalue weighted by Crippen LogP contribution is -2.54. The molecule has 2 aromatic rings. The molecule has 2 fully saturated rings. The van der Waals surface area contributed by atoms with E-state index >= 15 is 0 Å². The first-order valence-corrected chi connectivity index (χ1v) is 11.2. The van der Waals surface area contributed by atoms with Crippen LogP contribution >= 0.6 is 0 Å². The number of anilines is 1. The molecule has 8 nitrogen and oxygen atoms in total. The molecule has 1 aromatic carbocycles. The SMILES string of the molecule is Cc1cc(C)n(-c2ccc(NC(=O)CN3C(=O)N[C@@]4(C[C@@H](C)CC(C)(C)C4)C3=O)cc2F)n1. The van der Waals surface area contributed by atoms with Gasteiger partial charge in [-0.2, -0.15) is 5.10 Å². The van der Waals surface area contributed by atoms with E-state index in [0.717, 1.165) is 22.7 Å². The van der Waals surface area contributed by atoms with E-state index in [4.69, 9.17) is 0 Å². The molecule has 2 aliphatic rings. The van der Waals surface area contributed by atoms with Crippen LogP contribution in [0.15, 0.2) is 24.3 Å². The Balaban J connectivity index is 1.46. The van der Waals surface area contributed by atoms with Crippen LogP contribution in [0.4, 0.5) is 14.9 Å². The second-order valence-corrected chi connectivity index (χ2v) is 10.3. The van der Waals surface area contributed by atoms with Gasteiger partial charge in [0.15, 0.2) is 5.82 Å². The zero-order valence-corrected chi connectivity index (χ0v) is 19.7. The second kappa shape index (κ2) is 7.97. The van der Waals surface area contributed by atoms with E-state index < -0.39 is 29.8 Å². The average molecular weight is 456 g/mol. The summed E-state index contributed by atoms with van der Waals surface area (Å²) in [6.07, 6.45) is 2.06. The van der Waals surface area contributed by atoms with E-state index in [9.17, 15) is 18.8 Å². The van der Waals surface area contributed by atoms with Crippen LogP contribution in [0.1, 0.15) is 51.4 Å². The van der Waals surface area contributed by atoms with Crippen molar-refractivity contribution in [2.24, 2.45) is 11.3 Å². The Hall–Kier alpha value is -3.23. The highest BCUT2D eigenvalue weighted by atomic mass is 19.1. The molecular formula is C24H30FN5O3. The van der Waals surface area contributed by atoms with Crippen LogP contribution in [0.25, 0.3) is 5.69 Å². The Morgan fingerprint density at radius 2 is 1.97 bits per heavy atom. The minimum atomic E-state index is -0.966. The Bertz CT molecular complexity index is 1140. The summed E-state index contributed by atoms with van der Waals surface area (Å²) in [5.74, 6) is -1.22. The molecule has 1 aliphatic carbocycles. The summed E-state index contributed by atoms with van der Waals surface area (Å²) in [5.41, 5.74) is 0.998. The highest BCUT2D eigenvalue weighted by Gasteiger charge is 2.56. The lowest BCUT2D eigenvalue weighted by atomic mass is 9.64. The minimum absolute atomic E-state index is 0.0936. The number of amides is 4. The van der Waals surface area contributed by atoms with E-state index in [0.29, 0.717) is 12.8 Å². The summed E-state index contributed by atoms with van der Waals surface area (Å²) in [6.45, 7) is 9.47. The third-order valence-electron chi connectivity index (χ3n) is 6.40. The summed E-state index contributed by atoms with van der Waals surface area (Å²) < 4.78 is 16.2. The van der Waals surface area contributed by atoms with Crippen molar-refractivity contribution < 1.29 is 18.8 Å². The van der Waals surface area contributed by atoms with Gasteiger partial charge in [-0.15, -0.1) is 0 Å². The quantitative estimate of drug-likeness (QED) is 0.687. The number of imide groups is 1. The van der Waals surface area contributed by atoms with Gasteiger partial charge >= 0.3 is 6.03 Å². The molecular weight excluding hydrogens is 425 g/mol. The Kier molecular flexibility index (Phi) is 5.54. The number of halogens is 1. The molecule has 0 unspecified atom stereocenters. The number of carbonyl (C=O) groups excluding carboxylic acids is 3. The van der Waals surface area contributed by atoms with E-state index in [1.165, 1.54) is 16.8 Å². The maximum absolute atomic E-state index is 14.7. The number of urea groups is 1. The maximum Gasteiger partial charge on any atom is 0.325 e. The van der Waals surface area contributed by atoms with Gasteiger partial charge in [-0.05, 0) is 68.7 Å². The molecule has 0 bridgehead atoms. The molecule has 1 aromatic heterocycles. The maximum atomic E-state index is 14.7. The van der Waals surface area contributed by atoms with Gasteiger partial charge in [0.1, 0.15) is 17.8 Å². The van der Waals surface area contributed by atoms with E-state index in [1.807, 2.05) is 19.9 Å². The topological polar surface area (TPSA) is 96.3 Å². The number of hydrogen-bond acceptors (Lipinski definition) is 4. The fourth-order valence-corrected chi connectivity index (χ4v) is 5.62. The summed E-state index contributed by atoms with van der Waals surface area (Å²) in [4.78, 5) is 39.4. The van der Waals surface area contributed by atoms with Crippen molar-refractivity contribution in [2.45, 2.75) is 59.4 Å². The summed E-state index contributed by atoms with van der Waals surface area (Å²) >= 11 is 0. The molecule has 9 heteroatoms. The van der Waals surface area contributed by atoms with Crippen molar-refractivity contribution in [3.05, 3.63) is 41.5 Å². The van der Waals surface area contributed by atoms with Crippen LogP contribution in [0.2, 0.25) is 0 Å². The van der Waals surface area contributed by atoms with Crippen molar-refractivity contribution in [1.82, 2.24) is 20.0 Å². The van der Waals surface area contributed by atoms with Crippen LogP contribution in [0.5, 0.6) is 0 Å². The van der Waals surface area contributed by atoms with Crippen molar-refractivity contribution in [3.63, 3.8) is 0 Å². The van der Waals surface area contributed by atoms with Crippen LogP contribution < -0.4 is 10.6 Å². The van der Waals surface area contributed by atoms with Gasteiger partial charge in [0.25, 0.3) is 5.91 Å². The standard InChI is InChI=1S/C24H30FN5O3/c1-14-10-23(4,5)13-24(11-14)21(32)29(22(33)27-24)12-20(31)26-17-6-7-19(18(25)9-17)30-16(3)8-15(2)28-30/h6-9,14H,10-13H2,1-5H3,(H,26,31)(H,27,33)/t14-,24+/m0/s1. The summed E-state index contributed by atoms with van der Waals surface area (Å²) in [6, 6.07) is 5.56. The normalized spacial score (nSPS) is 24.3. The first kappa shape index (κ1) is 22.9. The number of benzene rings is 1. The number of rotatable bonds is 4. The van der Waals surface area contributed by atoms with Crippen molar-refractivity contribution >= 4 is 23.5 Å². The average Bonchev–Trinajstić information content (AvgIpc) is 3.11. The zero-order valence-electron chi connectivity index (χ0n) is 19.7. The molecule has 2 heterocycles. The number of carbonyl (C=O) groups is 3. The Morgan fingerprint density at radius 1 is 1.24 bits per heavy atom.